The lowest BCUT2D eigenvalue weighted by molar-refractivity contribution is 0.980. The maximum absolute atomic E-state index is 4.32. The van der Waals surface area contributed by atoms with E-state index >= 15 is 0 Å². The summed E-state index contributed by atoms with van der Waals surface area (Å²) in [6, 6.07) is 8.07. The average molecular weight is 308 g/mol. The van der Waals surface area contributed by atoms with Gasteiger partial charge in [-0.3, -0.25) is 0 Å². The fraction of sp³-hybridized carbons (Fsp3) is 0.167. The van der Waals surface area contributed by atoms with Crippen molar-refractivity contribution in [2.45, 2.75) is 11.3 Å². The van der Waals surface area contributed by atoms with Gasteiger partial charge in [-0.25, -0.2) is 9.97 Å². The van der Waals surface area contributed by atoms with Crippen LogP contribution in [-0.2, 0) is 6.42 Å². The van der Waals surface area contributed by atoms with Gasteiger partial charge in [0.2, 0.25) is 0 Å². The van der Waals surface area contributed by atoms with Gasteiger partial charge in [0.15, 0.2) is 0 Å². The maximum atomic E-state index is 4.32. The van der Waals surface area contributed by atoms with Gasteiger partial charge in [0.1, 0.15) is 12.1 Å². The van der Waals surface area contributed by atoms with Gasteiger partial charge in [-0.1, -0.05) is 22.0 Å². The van der Waals surface area contributed by atoms with E-state index < -0.39 is 0 Å². The topological polar surface area (TPSA) is 37.8 Å². The second-order valence-corrected chi connectivity index (χ2v) is 5.75. The largest absolute Gasteiger partial charge is 0.339 e. The molecular formula is C12H10BrN3S. The molecule has 2 aromatic rings. The number of anilines is 2. The molecule has 3 nitrogen and oxygen atoms in total. The number of aromatic nitrogens is 2. The summed E-state index contributed by atoms with van der Waals surface area (Å²) in [5, 5.41) is 3.34. The molecule has 1 aromatic heterocycles. The molecule has 1 aliphatic rings. The van der Waals surface area contributed by atoms with Crippen LogP contribution in [-0.4, -0.2) is 15.7 Å². The van der Waals surface area contributed by atoms with Crippen molar-refractivity contribution < 1.29 is 0 Å². The van der Waals surface area contributed by atoms with Gasteiger partial charge in [-0.05, 0) is 18.2 Å². The van der Waals surface area contributed by atoms with E-state index in [1.54, 1.807) is 6.33 Å². The van der Waals surface area contributed by atoms with Gasteiger partial charge >= 0.3 is 0 Å². The molecule has 1 N–H and O–H groups in total. The van der Waals surface area contributed by atoms with Crippen molar-refractivity contribution >= 4 is 39.2 Å². The number of rotatable bonds is 2. The molecule has 3 rings (SSSR count). The highest BCUT2D eigenvalue weighted by Gasteiger charge is 2.17. The summed E-state index contributed by atoms with van der Waals surface area (Å²) >= 11 is 5.28. The van der Waals surface area contributed by atoms with Gasteiger partial charge in [0, 0.05) is 22.3 Å². The molecule has 1 aliphatic heterocycles. The van der Waals surface area contributed by atoms with Crippen LogP contribution in [0, 0.1) is 0 Å². The predicted octanol–water partition coefficient (Wildman–Crippen LogP) is 3.63. The minimum atomic E-state index is 0.913. The number of thioether (sulfide) groups is 1. The fourth-order valence-corrected chi connectivity index (χ4v) is 3.24. The molecule has 5 heteroatoms. The summed E-state index contributed by atoms with van der Waals surface area (Å²) < 4.78 is 1.06. The Bertz CT molecular complexity index is 559. The average Bonchev–Trinajstić information content (AvgIpc) is 2.78. The van der Waals surface area contributed by atoms with E-state index in [1.165, 1.54) is 4.90 Å². The van der Waals surface area contributed by atoms with Crippen molar-refractivity contribution in [1.29, 1.82) is 0 Å². The number of nitrogens with zero attached hydrogens (tertiary/aromatic N) is 2. The molecule has 0 aliphatic carbocycles. The molecule has 17 heavy (non-hydrogen) atoms. The first-order valence-corrected chi connectivity index (χ1v) is 7.10. The minimum Gasteiger partial charge on any atom is -0.339 e. The SMILES string of the molecule is Brc1cccc(Nc2ncnc3c2SCC3)c1. The number of aryl methyl sites for hydroxylation is 1. The fourth-order valence-electron chi connectivity index (χ4n) is 1.78. The van der Waals surface area contributed by atoms with Crippen LogP contribution in [0.2, 0.25) is 0 Å². The molecule has 0 fully saturated rings. The van der Waals surface area contributed by atoms with Crippen molar-refractivity contribution in [2.75, 3.05) is 11.1 Å². The zero-order valence-corrected chi connectivity index (χ0v) is 11.4. The maximum Gasteiger partial charge on any atom is 0.147 e. The summed E-state index contributed by atoms with van der Waals surface area (Å²) in [5.41, 5.74) is 2.19. The Morgan fingerprint density at radius 2 is 2.24 bits per heavy atom. The second kappa shape index (κ2) is 4.66. The number of nitrogens with one attached hydrogen (secondary N) is 1. The number of hydrogen-bond acceptors (Lipinski definition) is 4. The lowest BCUT2D eigenvalue weighted by Crippen LogP contribution is -1.98. The Morgan fingerprint density at radius 3 is 3.12 bits per heavy atom. The Hall–Kier alpha value is -1.07. The van der Waals surface area contributed by atoms with Gasteiger partial charge in [-0.2, -0.15) is 0 Å². The number of benzene rings is 1. The molecule has 0 atom stereocenters. The molecule has 0 saturated heterocycles. The third-order valence-electron chi connectivity index (χ3n) is 2.55. The van der Waals surface area contributed by atoms with E-state index in [0.717, 1.165) is 33.8 Å². The molecule has 0 radical (unpaired) electrons. The van der Waals surface area contributed by atoms with E-state index in [0.29, 0.717) is 0 Å². The molecular weight excluding hydrogens is 298 g/mol. The quantitative estimate of drug-likeness (QED) is 0.919. The Morgan fingerprint density at radius 1 is 1.29 bits per heavy atom. The van der Waals surface area contributed by atoms with Crippen molar-refractivity contribution in [2.24, 2.45) is 0 Å². The lowest BCUT2D eigenvalue weighted by Gasteiger charge is -2.09. The molecule has 0 unspecified atom stereocenters. The van der Waals surface area contributed by atoms with E-state index in [1.807, 2.05) is 36.0 Å². The highest BCUT2D eigenvalue weighted by molar-refractivity contribution is 9.10. The number of halogens is 1. The van der Waals surface area contributed by atoms with Crippen molar-refractivity contribution in [3.63, 3.8) is 0 Å². The van der Waals surface area contributed by atoms with Crippen LogP contribution >= 0.6 is 27.7 Å². The van der Waals surface area contributed by atoms with E-state index in [2.05, 4.69) is 31.2 Å². The molecule has 2 heterocycles. The van der Waals surface area contributed by atoms with Crippen LogP contribution in [0.5, 0.6) is 0 Å². The van der Waals surface area contributed by atoms with E-state index in [-0.39, 0.29) is 0 Å². The smallest absolute Gasteiger partial charge is 0.147 e. The van der Waals surface area contributed by atoms with Crippen molar-refractivity contribution in [1.82, 2.24) is 9.97 Å². The molecule has 1 aromatic carbocycles. The summed E-state index contributed by atoms with van der Waals surface area (Å²) in [6.07, 6.45) is 2.67. The third-order valence-corrected chi connectivity index (χ3v) is 4.17. The first-order chi connectivity index (χ1) is 8.33. The monoisotopic (exact) mass is 307 g/mol. The zero-order chi connectivity index (χ0) is 11.7. The minimum absolute atomic E-state index is 0.913. The standard InChI is InChI=1S/C12H10BrN3S/c13-8-2-1-3-9(6-8)16-12-11-10(4-5-17-11)14-7-15-12/h1-3,6-7H,4-5H2,(H,14,15,16). The Kier molecular flexibility index (Phi) is 3.03. The van der Waals surface area contributed by atoms with Gasteiger partial charge in [-0.15, -0.1) is 11.8 Å². The molecule has 0 amide bonds. The Balaban J connectivity index is 1.93. The summed E-state index contributed by atoms with van der Waals surface area (Å²) in [7, 11) is 0. The van der Waals surface area contributed by atoms with Crippen molar-refractivity contribution in [3.05, 3.63) is 40.8 Å². The summed E-state index contributed by atoms with van der Waals surface area (Å²) in [4.78, 5) is 9.80. The second-order valence-electron chi connectivity index (χ2n) is 3.73. The van der Waals surface area contributed by atoms with Crippen LogP contribution in [0.1, 0.15) is 5.69 Å². The highest BCUT2D eigenvalue weighted by atomic mass is 79.9. The van der Waals surface area contributed by atoms with Crippen LogP contribution in [0.3, 0.4) is 0 Å². The van der Waals surface area contributed by atoms with E-state index in [9.17, 15) is 0 Å². The normalized spacial score (nSPS) is 13.5. The summed E-state index contributed by atoms with van der Waals surface area (Å²) in [5.74, 6) is 2.01. The molecule has 0 saturated carbocycles. The van der Waals surface area contributed by atoms with Gasteiger partial charge < -0.3 is 5.32 Å². The molecule has 0 spiro atoms. The highest BCUT2D eigenvalue weighted by Crippen LogP contribution is 2.35. The van der Waals surface area contributed by atoms with Crippen LogP contribution in [0.15, 0.2) is 40.0 Å². The zero-order valence-electron chi connectivity index (χ0n) is 8.98. The predicted molar refractivity (Wildman–Crippen MR) is 73.9 cm³/mol. The van der Waals surface area contributed by atoms with Gasteiger partial charge in [0.25, 0.3) is 0 Å². The van der Waals surface area contributed by atoms with Crippen LogP contribution < -0.4 is 5.32 Å². The first kappa shape index (κ1) is 11.0. The number of hydrogen-bond donors (Lipinski definition) is 1. The van der Waals surface area contributed by atoms with Crippen molar-refractivity contribution in [3.8, 4) is 0 Å². The van der Waals surface area contributed by atoms with Crippen LogP contribution in [0.25, 0.3) is 0 Å². The lowest BCUT2D eigenvalue weighted by atomic mass is 10.3. The number of fused-ring (bicyclic) bond motifs is 1. The van der Waals surface area contributed by atoms with Crippen LogP contribution in [0.4, 0.5) is 11.5 Å². The first-order valence-electron chi connectivity index (χ1n) is 5.32. The molecule has 86 valence electrons. The Labute approximate surface area is 112 Å². The van der Waals surface area contributed by atoms with Gasteiger partial charge in [0.05, 0.1) is 10.6 Å². The molecule has 0 bridgehead atoms. The third kappa shape index (κ3) is 2.30. The van der Waals surface area contributed by atoms with E-state index in [4.69, 9.17) is 0 Å². The summed E-state index contributed by atoms with van der Waals surface area (Å²) in [6.45, 7) is 0.